The van der Waals surface area contributed by atoms with Crippen LogP contribution in [0.1, 0.15) is 33.6 Å². The van der Waals surface area contributed by atoms with Crippen LogP contribution in [0.5, 0.6) is 0 Å². The van der Waals surface area contributed by atoms with Gasteiger partial charge in [-0.15, -0.1) is 0 Å². The van der Waals surface area contributed by atoms with Gasteiger partial charge in [-0.25, -0.2) is 0 Å². The van der Waals surface area contributed by atoms with Crippen LogP contribution < -0.4 is 10.6 Å². The second kappa shape index (κ2) is 7.99. The largest absolute Gasteiger partial charge is 0.357 e. The predicted octanol–water partition coefficient (Wildman–Crippen LogP) is 0.976. The summed E-state index contributed by atoms with van der Waals surface area (Å²) in [5.74, 6) is 1.64. The lowest BCUT2D eigenvalue weighted by atomic mass is 10.0. The van der Waals surface area contributed by atoms with Gasteiger partial charge in [0.2, 0.25) is 0 Å². The van der Waals surface area contributed by atoms with Gasteiger partial charge in [-0.3, -0.25) is 9.89 Å². The van der Waals surface area contributed by atoms with Crippen LogP contribution >= 0.6 is 0 Å². The molecule has 2 rings (SSSR count). The van der Waals surface area contributed by atoms with Crippen molar-refractivity contribution in [1.82, 2.24) is 20.4 Å². The smallest absolute Gasteiger partial charge is 0.191 e. The maximum absolute atomic E-state index is 4.85. The van der Waals surface area contributed by atoms with Crippen LogP contribution in [-0.4, -0.2) is 74.2 Å². The van der Waals surface area contributed by atoms with E-state index < -0.39 is 0 Å². The average Bonchev–Trinajstić information content (AvgIpc) is 3.24. The number of nitrogens with one attached hydrogen (secondary N) is 2. The molecule has 1 unspecified atom stereocenters. The van der Waals surface area contributed by atoms with Crippen molar-refractivity contribution in [3.63, 3.8) is 0 Å². The second-order valence-electron chi connectivity index (χ2n) is 6.79. The standard InChI is InChI=1S/C16H33N5/c1-5-17-16(19-14-6-7-14)18-12-15(13(2)3)21-10-8-20(4)9-11-21/h13-15H,5-12H2,1-4H3,(H2,17,18,19). The lowest BCUT2D eigenvalue weighted by molar-refractivity contribution is 0.0925. The molecule has 1 aliphatic carbocycles. The maximum Gasteiger partial charge on any atom is 0.191 e. The number of rotatable bonds is 6. The minimum absolute atomic E-state index is 0.549. The number of hydrogen-bond donors (Lipinski definition) is 2. The van der Waals surface area contributed by atoms with Crippen LogP contribution in [0.3, 0.4) is 0 Å². The quantitative estimate of drug-likeness (QED) is 0.566. The fourth-order valence-electron chi connectivity index (χ4n) is 2.83. The first kappa shape index (κ1) is 16.6. The van der Waals surface area contributed by atoms with Crippen LogP contribution in [0.4, 0.5) is 0 Å². The molecule has 5 nitrogen and oxygen atoms in total. The van der Waals surface area contributed by atoms with E-state index in [9.17, 15) is 0 Å². The lowest BCUT2D eigenvalue weighted by Gasteiger charge is -2.39. The Balaban J connectivity index is 1.90. The molecule has 122 valence electrons. The Morgan fingerprint density at radius 2 is 1.86 bits per heavy atom. The van der Waals surface area contributed by atoms with Gasteiger partial charge in [0, 0.05) is 44.8 Å². The first-order valence-corrected chi connectivity index (χ1v) is 8.57. The van der Waals surface area contributed by atoms with Gasteiger partial charge in [-0.1, -0.05) is 13.8 Å². The molecular weight excluding hydrogens is 262 g/mol. The topological polar surface area (TPSA) is 42.9 Å². The molecule has 2 fully saturated rings. The third-order valence-electron chi connectivity index (χ3n) is 4.48. The minimum atomic E-state index is 0.549. The zero-order chi connectivity index (χ0) is 15.2. The van der Waals surface area contributed by atoms with Gasteiger partial charge in [0.15, 0.2) is 5.96 Å². The van der Waals surface area contributed by atoms with Crippen LogP contribution in [0.25, 0.3) is 0 Å². The highest BCUT2D eigenvalue weighted by atomic mass is 15.3. The molecule has 5 heteroatoms. The van der Waals surface area contributed by atoms with E-state index >= 15 is 0 Å². The van der Waals surface area contributed by atoms with E-state index in [1.165, 1.54) is 39.0 Å². The molecule has 1 aliphatic heterocycles. The summed E-state index contributed by atoms with van der Waals surface area (Å²) in [5, 5.41) is 6.88. The van der Waals surface area contributed by atoms with Gasteiger partial charge in [-0.05, 0) is 32.7 Å². The molecule has 1 saturated carbocycles. The third kappa shape index (κ3) is 5.47. The third-order valence-corrected chi connectivity index (χ3v) is 4.48. The average molecular weight is 295 g/mol. The van der Waals surface area contributed by atoms with Crippen molar-refractivity contribution >= 4 is 5.96 Å². The van der Waals surface area contributed by atoms with E-state index in [4.69, 9.17) is 4.99 Å². The molecule has 1 saturated heterocycles. The molecule has 1 heterocycles. The van der Waals surface area contributed by atoms with E-state index in [1.54, 1.807) is 0 Å². The van der Waals surface area contributed by atoms with Gasteiger partial charge in [0.1, 0.15) is 0 Å². The van der Waals surface area contributed by atoms with E-state index in [2.05, 4.69) is 48.3 Å². The summed E-state index contributed by atoms with van der Waals surface area (Å²) in [6.07, 6.45) is 2.58. The molecule has 21 heavy (non-hydrogen) atoms. The van der Waals surface area contributed by atoms with E-state index in [0.717, 1.165) is 19.0 Å². The molecule has 0 radical (unpaired) electrons. The number of nitrogens with zero attached hydrogens (tertiary/aromatic N) is 3. The first-order valence-electron chi connectivity index (χ1n) is 8.57. The number of guanidine groups is 1. The number of piperazine rings is 1. The molecule has 0 spiro atoms. The Morgan fingerprint density at radius 1 is 1.19 bits per heavy atom. The van der Waals surface area contributed by atoms with Crippen molar-refractivity contribution in [2.24, 2.45) is 10.9 Å². The number of likely N-dealkylation sites (N-methyl/N-ethyl adjacent to an activating group) is 1. The lowest BCUT2D eigenvalue weighted by Crippen LogP contribution is -2.52. The summed E-state index contributed by atoms with van der Waals surface area (Å²) in [6, 6.07) is 1.21. The van der Waals surface area contributed by atoms with E-state index in [0.29, 0.717) is 18.0 Å². The number of hydrogen-bond acceptors (Lipinski definition) is 3. The van der Waals surface area contributed by atoms with Crippen molar-refractivity contribution in [2.75, 3.05) is 46.3 Å². The van der Waals surface area contributed by atoms with Gasteiger partial charge in [-0.2, -0.15) is 0 Å². The van der Waals surface area contributed by atoms with Gasteiger partial charge in [0.25, 0.3) is 0 Å². The fraction of sp³-hybridized carbons (Fsp3) is 0.938. The first-order chi connectivity index (χ1) is 10.1. The van der Waals surface area contributed by atoms with Crippen molar-refractivity contribution in [3.8, 4) is 0 Å². The highest BCUT2D eigenvalue weighted by Gasteiger charge is 2.26. The Bertz CT molecular complexity index is 330. The molecule has 2 aliphatic rings. The molecular formula is C16H33N5. The molecule has 0 bridgehead atoms. The minimum Gasteiger partial charge on any atom is -0.357 e. The second-order valence-corrected chi connectivity index (χ2v) is 6.79. The predicted molar refractivity (Wildman–Crippen MR) is 89.8 cm³/mol. The highest BCUT2D eigenvalue weighted by Crippen LogP contribution is 2.18. The summed E-state index contributed by atoms with van der Waals surface area (Å²) in [7, 11) is 2.21. The van der Waals surface area contributed by atoms with Crippen LogP contribution in [0, 0.1) is 5.92 Å². The molecule has 0 aromatic carbocycles. The summed E-state index contributed by atoms with van der Waals surface area (Å²) < 4.78 is 0. The van der Waals surface area contributed by atoms with Crippen LogP contribution in [-0.2, 0) is 0 Å². The van der Waals surface area contributed by atoms with Gasteiger partial charge in [0.05, 0.1) is 6.54 Å². The highest BCUT2D eigenvalue weighted by molar-refractivity contribution is 5.80. The monoisotopic (exact) mass is 295 g/mol. The molecule has 0 aromatic heterocycles. The van der Waals surface area contributed by atoms with Crippen molar-refractivity contribution in [2.45, 2.75) is 45.7 Å². The van der Waals surface area contributed by atoms with Gasteiger partial charge < -0.3 is 15.5 Å². The van der Waals surface area contributed by atoms with Gasteiger partial charge >= 0.3 is 0 Å². The van der Waals surface area contributed by atoms with Crippen molar-refractivity contribution in [1.29, 1.82) is 0 Å². The van der Waals surface area contributed by atoms with E-state index in [-0.39, 0.29) is 0 Å². The summed E-state index contributed by atoms with van der Waals surface area (Å²) in [5.41, 5.74) is 0. The SMILES string of the molecule is CCNC(=NCC(C(C)C)N1CCN(C)CC1)NC1CC1. The Labute approximate surface area is 130 Å². The fourth-order valence-corrected chi connectivity index (χ4v) is 2.83. The Kier molecular flexibility index (Phi) is 6.30. The molecule has 0 amide bonds. The van der Waals surface area contributed by atoms with Crippen molar-refractivity contribution < 1.29 is 0 Å². The zero-order valence-corrected chi connectivity index (χ0v) is 14.2. The zero-order valence-electron chi connectivity index (χ0n) is 14.2. The van der Waals surface area contributed by atoms with Crippen molar-refractivity contribution in [3.05, 3.63) is 0 Å². The van der Waals surface area contributed by atoms with E-state index in [1.807, 2.05) is 0 Å². The molecule has 0 aromatic rings. The summed E-state index contributed by atoms with van der Waals surface area (Å²) in [6.45, 7) is 13.3. The normalized spacial score (nSPS) is 23.4. The maximum atomic E-state index is 4.85. The summed E-state index contributed by atoms with van der Waals surface area (Å²) >= 11 is 0. The van der Waals surface area contributed by atoms with Crippen LogP contribution in [0.2, 0.25) is 0 Å². The molecule has 1 atom stereocenters. The molecule has 2 N–H and O–H groups in total. The number of aliphatic imine (C=N–C) groups is 1. The Morgan fingerprint density at radius 3 is 2.38 bits per heavy atom. The van der Waals surface area contributed by atoms with Crippen LogP contribution in [0.15, 0.2) is 4.99 Å². The summed E-state index contributed by atoms with van der Waals surface area (Å²) in [4.78, 5) is 9.88. The Hall–Kier alpha value is -0.810.